The van der Waals surface area contributed by atoms with E-state index in [1.54, 1.807) is 0 Å². The van der Waals surface area contributed by atoms with Crippen LogP contribution in [0, 0.1) is 0 Å². The van der Waals surface area contributed by atoms with E-state index in [2.05, 4.69) is 71.3 Å². The highest BCUT2D eigenvalue weighted by Crippen LogP contribution is 2.36. The number of hydrogen-bond acceptors (Lipinski definition) is 2. The third kappa shape index (κ3) is 1.94. The minimum absolute atomic E-state index is 0.981. The summed E-state index contributed by atoms with van der Waals surface area (Å²) in [4.78, 5) is 4.85. The molecule has 92 valence electrons. The highest BCUT2D eigenvalue weighted by atomic mass is 15.4. The summed E-state index contributed by atoms with van der Waals surface area (Å²) >= 11 is 0. The van der Waals surface area contributed by atoms with Crippen LogP contribution in [0.3, 0.4) is 0 Å². The highest BCUT2D eigenvalue weighted by Gasteiger charge is 2.23. The number of para-hydroxylation sites is 2. The zero-order valence-corrected chi connectivity index (χ0v) is 10.7. The van der Waals surface area contributed by atoms with Crippen LogP contribution < -0.4 is 9.80 Å². The van der Waals surface area contributed by atoms with Gasteiger partial charge in [0.15, 0.2) is 0 Å². The van der Waals surface area contributed by atoms with Crippen molar-refractivity contribution < 1.29 is 0 Å². The van der Waals surface area contributed by atoms with E-state index in [4.69, 9.17) is 0 Å². The summed E-state index contributed by atoms with van der Waals surface area (Å²) in [5.41, 5.74) is 4.07. The van der Waals surface area contributed by atoms with E-state index in [0.717, 1.165) is 19.8 Å². The summed E-state index contributed by atoms with van der Waals surface area (Å²) in [6.45, 7) is 5.24. The second-order valence-corrected chi connectivity index (χ2v) is 4.67. The Bertz CT molecular complexity index is 522. The number of benzene rings is 2. The van der Waals surface area contributed by atoms with Crippen molar-refractivity contribution in [2.45, 2.75) is 13.5 Å². The van der Waals surface area contributed by atoms with Crippen molar-refractivity contribution in [3.63, 3.8) is 0 Å². The number of nitrogens with zero attached hydrogens (tertiary/aromatic N) is 2. The van der Waals surface area contributed by atoms with E-state index in [1.165, 1.54) is 16.9 Å². The number of fused-ring (bicyclic) bond motifs is 1. The van der Waals surface area contributed by atoms with Crippen LogP contribution in [0.25, 0.3) is 0 Å². The van der Waals surface area contributed by atoms with Crippen molar-refractivity contribution in [1.29, 1.82) is 0 Å². The molecule has 2 aromatic rings. The first-order valence-electron chi connectivity index (χ1n) is 6.51. The van der Waals surface area contributed by atoms with Crippen LogP contribution in [0.1, 0.15) is 12.5 Å². The normalized spacial score (nSPS) is 13.8. The topological polar surface area (TPSA) is 6.48 Å². The lowest BCUT2D eigenvalue weighted by atomic mass is 10.2. The van der Waals surface area contributed by atoms with Gasteiger partial charge in [0.25, 0.3) is 0 Å². The van der Waals surface area contributed by atoms with Crippen molar-refractivity contribution in [3.8, 4) is 0 Å². The maximum atomic E-state index is 2.44. The van der Waals surface area contributed by atoms with Gasteiger partial charge in [0, 0.05) is 13.1 Å². The molecule has 0 atom stereocenters. The van der Waals surface area contributed by atoms with E-state index in [-0.39, 0.29) is 0 Å². The number of hydrogen-bond donors (Lipinski definition) is 0. The van der Waals surface area contributed by atoms with Gasteiger partial charge in [-0.1, -0.05) is 42.5 Å². The van der Waals surface area contributed by atoms with Crippen LogP contribution in [-0.2, 0) is 6.54 Å². The Morgan fingerprint density at radius 1 is 0.833 bits per heavy atom. The fourth-order valence-corrected chi connectivity index (χ4v) is 2.57. The smallest absolute Gasteiger partial charge is 0.0907 e. The third-order valence-corrected chi connectivity index (χ3v) is 3.50. The molecule has 1 heterocycles. The zero-order valence-electron chi connectivity index (χ0n) is 10.7. The zero-order chi connectivity index (χ0) is 12.4. The van der Waals surface area contributed by atoms with Crippen molar-refractivity contribution >= 4 is 11.4 Å². The Morgan fingerprint density at radius 3 is 2.11 bits per heavy atom. The van der Waals surface area contributed by atoms with Gasteiger partial charge in [-0.15, -0.1) is 0 Å². The molecule has 0 spiro atoms. The molecule has 18 heavy (non-hydrogen) atoms. The minimum Gasteiger partial charge on any atom is -0.352 e. The maximum absolute atomic E-state index is 2.44. The maximum Gasteiger partial charge on any atom is 0.0907 e. The molecule has 0 fully saturated rings. The van der Waals surface area contributed by atoms with Gasteiger partial charge in [-0.05, 0) is 24.6 Å². The first-order chi connectivity index (χ1) is 8.88. The molecule has 0 saturated heterocycles. The van der Waals surface area contributed by atoms with Crippen LogP contribution >= 0.6 is 0 Å². The van der Waals surface area contributed by atoms with Crippen LogP contribution in [0.2, 0.25) is 0 Å². The molecule has 3 rings (SSSR count). The van der Waals surface area contributed by atoms with E-state index >= 15 is 0 Å². The molecule has 0 unspecified atom stereocenters. The third-order valence-electron chi connectivity index (χ3n) is 3.50. The average Bonchev–Trinajstić information content (AvgIpc) is 2.78. The first kappa shape index (κ1) is 11.1. The van der Waals surface area contributed by atoms with Gasteiger partial charge in [0.1, 0.15) is 0 Å². The van der Waals surface area contributed by atoms with E-state index < -0.39 is 0 Å². The minimum atomic E-state index is 0.981. The van der Waals surface area contributed by atoms with Crippen LogP contribution in [0.4, 0.5) is 11.4 Å². The standard InChI is InChI=1S/C16H18N2/c1-2-17-13-18(12-14-8-4-3-5-9-14)16-11-7-6-10-15(16)17/h3-11H,2,12-13H2,1H3. The lowest BCUT2D eigenvalue weighted by molar-refractivity contribution is 0.781. The molecule has 0 amide bonds. The first-order valence-corrected chi connectivity index (χ1v) is 6.51. The molecule has 2 heteroatoms. The summed E-state index contributed by atoms with van der Waals surface area (Å²) in [6, 6.07) is 19.3. The fourth-order valence-electron chi connectivity index (χ4n) is 2.57. The number of anilines is 2. The quantitative estimate of drug-likeness (QED) is 0.807. The largest absolute Gasteiger partial charge is 0.352 e. The second kappa shape index (κ2) is 4.73. The molecule has 1 aliphatic rings. The average molecular weight is 238 g/mol. The molecular weight excluding hydrogens is 220 g/mol. The van der Waals surface area contributed by atoms with Gasteiger partial charge in [0.05, 0.1) is 18.0 Å². The molecular formula is C16H18N2. The Balaban J connectivity index is 1.87. The van der Waals surface area contributed by atoms with Crippen LogP contribution in [0.15, 0.2) is 54.6 Å². The Labute approximate surface area is 108 Å². The molecule has 0 bridgehead atoms. The van der Waals surface area contributed by atoms with Crippen molar-refractivity contribution in [2.75, 3.05) is 23.0 Å². The van der Waals surface area contributed by atoms with E-state index in [9.17, 15) is 0 Å². The van der Waals surface area contributed by atoms with Crippen molar-refractivity contribution in [3.05, 3.63) is 60.2 Å². The molecule has 0 radical (unpaired) electrons. The van der Waals surface area contributed by atoms with Gasteiger partial charge in [-0.3, -0.25) is 0 Å². The lowest BCUT2D eigenvalue weighted by Gasteiger charge is -2.20. The molecule has 0 aliphatic carbocycles. The Morgan fingerprint density at radius 2 is 1.44 bits per heavy atom. The van der Waals surface area contributed by atoms with Crippen molar-refractivity contribution in [2.24, 2.45) is 0 Å². The SMILES string of the molecule is CCN1CN(Cc2ccccc2)c2ccccc21. The number of rotatable bonds is 3. The summed E-state index contributed by atoms with van der Waals surface area (Å²) in [6.07, 6.45) is 0. The van der Waals surface area contributed by atoms with Gasteiger partial charge in [-0.25, -0.2) is 0 Å². The van der Waals surface area contributed by atoms with Gasteiger partial charge < -0.3 is 9.80 Å². The summed E-state index contributed by atoms with van der Waals surface area (Å²) < 4.78 is 0. The Kier molecular flexibility index (Phi) is 2.93. The fraction of sp³-hybridized carbons (Fsp3) is 0.250. The molecule has 0 N–H and O–H groups in total. The summed E-state index contributed by atoms with van der Waals surface area (Å²) in [7, 11) is 0. The van der Waals surface area contributed by atoms with E-state index in [1.807, 2.05) is 0 Å². The molecule has 2 nitrogen and oxygen atoms in total. The van der Waals surface area contributed by atoms with Gasteiger partial charge in [-0.2, -0.15) is 0 Å². The molecule has 0 saturated carbocycles. The van der Waals surface area contributed by atoms with Gasteiger partial charge in [0.2, 0.25) is 0 Å². The summed E-state index contributed by atoms with van der Waals surface area (Å²) in [5.74, 6) is 0. The van der Waals surface area contributed by atoms with Crippen LogP contribution in [0.5, 0.6) is 0 Å². The predicted octanol–water partition coefficient (Wildman–Crippen LogP) is 3.49. The predicted molar refractivity (Wildman–Crippen MR) is 77.0 cm³/mol. The molecule has 0 aromatic heterocycles. The van der Waals surface area contributed by atoms with E-state index in [0.29, 0.717) is 0 Å². The Hall–Kier alpha value is -1.96. The van der Waals surface area contributed by atoms with Gasteiger partial charge >= 0.3 is 0 Å². The monoisotopic (exact) mass is 238 g/mol. The highest BCUT2D eigenvalue weighted by molar-refractivity contribution is 5.76. The second-order valence-electron chi connectivity index (χ2n) is 4.67. The van der Waals surface area contributed by atoms with Crippen LogP contribution in [-0.4, -0.2) is 13.2 Å². The lowest BCUT2D eigenvalue weighted by Crippen LogP contribution is -2.30. The van der Waals surface area contributed by atoms with Crippen molar-refractivity contribution in [1.82, 2.24) is 0 Å². The molecule has 1 aliphatic heterocycles. The summed E-state index contributed by atoms with van der Waals surface area (Å²) in [5, 5.41) is 0. The molecule has 2 aromatic carbocycles.